The molecule has 24 heavy (non-hydrogen) atoms. The van der Waals surface area contributed by atoms with Crippen molar-refractivity contribution >= 4 is 5.78 Å². The molecule has 4 saturated carbocycles. The van der Waals surface area contributed by atoms with Gasteiger partial charge in [0.25, 0.3) is 0 Å². The van der Waals surface area contributed by atoms with E-state index in [9.17, 15) is 15.0 Å². The summed E-state index contributed by atoms with van der Waals surface area (Å²) in [6, 6.07) is 0. The third-order valence-corrected chi connectivity index (χ3v) is 8.92. The summed E-state index contributed by atoms with van der Waals surface area (Å²) < 4.78 is 8.10. The number of carbonyl (C=O) groups excluding carboxylic acids is 1. The zero-order valence-electron chi connectivity index (χ0n) is 16.4. The zero-order valence-corrected chi connectivity index (χ0v) is 15.4. The van der Waals surface area contributed by atoms with Crippen molar-refractivity contribution in [1.29, 1.82) is 0 Å². The number of aliphatic hydroxyl groups is 2. The Bertz CT molecular complexity index is 575. The minimum atomic E-state index is -1.28. The summed E-state index contributed by atoms with van der Waals surface area (Å²) in [5.74, 6) is 2.07. The van der Waals surface area contributed by atoms with E-state index < -0.39 is 6.08 Å². The van der Waals surface area contributed by atoms with Crippen LogP contribution >= 0.6 is 0 Å². The summed E-state index contributed by atoms with van der Waals surface area (Å²) in [4.78, 5) is 12.2. The van der Waals surface area contributed by atoms with Crippen molar-refractivity contribution < 1.29 is 16.4 Å². The van der Waals surface area contributed by atoms with E-state index in [1.807, 2.05) is 0 Å². The first-order chi connectivity index (χ1) is 11.6. The fourth-order valence-corrected chi connectivity index (χ4v) is 7.85. The quantitative estimate of drug-likeness (QED) is 0.770. The standard InChI is InChI=1S/C21H34O3/c1-12(22)16-6-7-17-15-5-4-13-10-14(23)8-9-20(13,2)19(15)18(24)11-21(16,17)3/h13-19,23-24H,4-11H2,1-3H3/t13-,14+,15-,16+,17-,18?,19+,20-,21+/m0/s1/i14D. The van der Waals surface area contributed by atoms with Crippen LogP contribution in [-0.4, -0.2) is 28.2 Å². The minimum absolute atomic E-state index is 0.0330. The van der Waals surface area contributed by atoms with E-state index in [4.69, 9.17) is 1.37 Å². The van der Waals surface area contributed by atoms with Gasteiger partial charge in [-0.3, -0.25) is 4.79 Å². The Morgan fingerprint density at radius 2 is 1.83 bits per heavy atom. The number of Topliss-reactive ketones (excluding diaryl/α,β-unsaturated/α-hetero) is 1. The summed E-state index contributed by atoms with van der Waals surface area (Å²) in [5, 5.41) is 21.5. The minimum Gasteiger partial charge on any atom is -0.393 e. The lowest BCUT2D eigenvalue weighted by atomic mass is 9.44. The fourth-order valence-electron chi connectivity index (χ4n) is 7.85. The molecule has 3 heteroatoms. The van der Waals surface area contributed by atoms with Gasteiger partial charge in [-0.15, -0.1) is 0 Å². The van der Waals surface area contributed by atoms with Crippen LogP contribution in [0.1, 0.15) is 73.5 Å². The van der Waals surface area contributed by atoms with E-state index in [1.54, 1.807) is 6.92 Å². The molecule has 0 aromatic heterocycles. The van der Waals surface area contributed by atoms with Crippen LogP contribution in [-0.2, 0) is 4.79 Å². The molecule has 0 saturated heterocycles. The summed E-state index contributed by atoms with van der Waals surface area (Å²) in [6.07, 6.45) is 5.29. The molecule has 4 aliphatic carbocycles. The molecular weight excluding hydrogens is 300 g/mol. The first-order valence-electron chi connectivity index (χ1n) is 10.5. The van der Waals surface area contributed by atoms with Gasteiger partial charge in [0.05, 0.1) is 13.6 Å². The number of carbonyl (C=O) groups is 1. The number of aliphatic hydroxyl groups excluding tert-OH is 1. The van der Waals surface area contributed by atoms with E-state index in [0.29, 0.717) is 36.4 Å². The predicted molar refractivity (Wildman–Crippen MR) is 93.3 cm³/mol. The first kappa shape index (κ1) is 15.8. The Labute approximate surface area is 147 Å². The van der Waals surface area contributed by atoms with Crippen LogP contribution in [0.3, 0.4) is 0 Å². The lowest BCUT2D eigenvalue weighted by Gasteiger charge is -2.62. The van der Waals surface area contributed by atoms with Gasteiger partial charge in [-0.05, 0) is 92.8 Å². The third-order valence-electron chi connectivity index (χ3n) is 8.92. The van der Waals surface area contributed by atoms with Gasteiger partial charge < -0.3 is 10.2 Å². The highest BCUT2D eigenvalue weighted by atomic mass is 16.3. The Balaban J connectivity index is 1.66. The van der Waals surface area contributed by atoms with Crippen LogP contribution in [0.4, 0.5) is 0 Å². The van der Waals surface area contributed by atoms with Gasteiger partial charge in [-0.25, -0.2) is 0 Å². The SMILES string of the molecule is [2H][C@@]1(O)CC[C@@]2(C)[C@@H](CC[C@H]3[C@@H]4CC[C@H](C(C)=O)[C@@]4(C)CC(O)[C@@H]32)C1. The van der Waals surface area contributed by atoms with Crippen molar-refractivity contribution in [1.82, 2.24) is 0 Å². The molecule has 0 spiro atoms. The summed E-state index contributed by atoms with van der Waals surface area (Å²) in [7, 11) is 0. The molecule has 0 bridgehead atoms. The van der Waals surface area contributed by atoms with E-state index >= 15 is 0 Å². The average molecular weight is 336 g/mol. The zero-order chi connectivity index (χ0) is 18.2. The number of rotatable bonds is 1. The molecule has 0 radical (unpaired) electrons. The van der Waals surface area contributed by atoms with Gasteiger partial charge in [-0.2, -0.15) is 0 Å². The van der Waals surface area contributed by atoms with E-state index in [1.165, 1.54) is 0 Å². The number of fused-ring (bicyclic) bond motifs is 5. The van der Waals surface area contributed by atoms with Crippen LogP contribution in [0, 0.1) is 40.4 Å². The lowest BCUT2D eigenvalue weighted by molar-refractivity contribution is -0.178. The first-order valence-corrected chi connectivity index (χ1v) is 9.99. The van der Waals surface area contributed by atoms with Crippen molar-refractivity contribution in [3.05, 3.63) is 0 Å². The third kappa shape index (κ3) is 2.19. The normalized spacial score (nSPS) is 60.6. The number of ketones is 1. The topological polar surface area (TPSA) is 57.5 Å². The van der Waals surface area contributed by atoms with Gasteiger partial charge >= 0.3 is 0 Å². The molecule has 3 nitrogen and oxygen atoms in total. The molecule has 4 aliphatic rings. The molecule has 9 atom stereocenters. The molecule has 0 heterocycles. The summed E-state index contributed by atoms with van der Waals surface area (Å²) >= 11 is 0. The van der Waals surface area contributed by atoms with Crippen LogP contribution in [0.5, 0.6) is 0 Å². The molecular formula is C21H34O3. The Morgan fingerprint density at radius 3 is 2.54 bits per heavy atom. The fraction of sp³-hybridized carbons (Fsp3) is 0.952. The molecule has 4 rings (SSSR count). The van der Waals surface area contributed by atoms with Crippen molar-refractivity contribution in [3.8, 4) is 0 Å². The van der Waals surface area contributed by atoms with Crippen molar-refractivity contribution in [2.24, 2.45) is 40.4 Å². The highest BCUT2D eigenvalue weighted by Gasteiger charge is 2.63. The Hall–Kier alpha value is -0.410. The Kier molecular flexibility index (Phi) is 3.65. The molecule has 4 fully saturated rings. The van der Waals surface area contributed by atoms with Crippen LogP contribution in [0.2, 0.25) is 0 Å². The maximum absolute atomic E-state index is 12.2. The second kappa shape index (κ2) is 5.54. The van der Waals surface area contributed by atoms with Crippen LogP contribution in [0.15, 0.2) is 0 Å². The van der Waals surface area contributed by atoms with Gasteiger partial charge in [-0.1, -0.05) is 13.8 Å². The van der Waals surface area contributed by atoms with Gasteiger partial charge in [0, 0.05) is 5.92 Å². The second-order valence-electron chi connectivity index (χ2n) is 9.86. The summed E-state index contributed by atoms with van der Waals surface area (Å²) in [5.41, 5.74) is -0.00824. The maximum atomic E-state index is 12.2. The van der Waals surface area contributed by atoms with E-state index in [-0.39, 0.29) is 28.8 Å². The summed E-state index contributed by atoms with van der Waals surface area (Å²) in [6.45, 7) is 6.30. The van der Waals surface area contributed by atoms with Gasteiger partial charge in [0.1, 0.15) is 5.78 Å². The highest BCUT2D eigenvalue weighted by Crippen LogP contribution is 2.67. The smallest absolute Gasteiger partial charge is 0.133 e. The van der Waals surface area contributed by atoms with Crippen molar-refractivity contribution in [2.75, 3.05) is 0 Å². The molecule has 0 aromatic carbocycles. The van der Waals surface area contributed by atoms with E-state index in [0.717, 1.165) is 38.5 Å². The largest absolute Gasteiger partial charge is 0.393 e. The monoisotopic (exact) mass is 335 g/mol. The molecule has 0 aromatic rings. The van der Waals surface area contributed by atoms with E-state index in [2.05, 4.69) is 13.8 Å². The van der Waals surface area contributed by atoms with Crippen LogP contribution in [0.25, 0.3) is 0 Å². The molecule has 2 N–H and O–H groups in total. The van der Waals surface area contributed by atoms with Gasteiger partial charge in [0.15, 0.2) is 0 Å². The molecule has 0 amide bonds. The second-order valence-corrected chi connectivity index (χ2v) is 9.86. The molecule has 136 valence electrons. The lowest BCUT2D eigenvalue weighted by Crippen LogP contribution is -2.59. The Morgan fingerprint density at radius 1 is 1.08 bits per heavy atom. The molecule has 1 unspecified atom stereocenters. The van der Waals surface area contributed by atoms with Gasteiger partial charge in [0.2, 0.25) is 0 Å². The average Bonchev–Trinajstić information content (AvgIpc) is 2.84. The van der Waals surface area contributed by atoms with Crippen LogP contribution < -0.4 is 0 Å². The maximum Gasteiger partial charge on any atom is 0.133 e. The predicted octanol–water partition coefficient (Wildman–Crippen LogP) is 3.57. The number of hydrogen-bond acceptors (Lipinski definition) is 3. The number of hydrogen-bond donors (Lipinski definition) is 2. The molecule has 0 aliphatic heterocycles. The van der Waals surface area contributed by atoms with Crippen molar-refractivity contribution in [3.63, 3.8) is 0 Å². The highest BCUT2D eigenvalue weighted by molar-refractivity contribution is 5.79. The van der Waals surface area contributed by atoms with Crippen molar-refractivity contribution in [2.45, 2.75) is 84.3 Å².